The molecule has 0 fully saturated rings. The summed E-state index contributed by atoms with van der Waals surface area (Å²) >= 11 is 0. The maximum absolute atomic E-state index is 11.7. The summed E-state index contributed by atoms with van der Waals surface area (Å²) in [5, 5.41) is 7.24. The second-order valence-electron chi connectivity index (χ2n) is 3.43. The van der Waals surface area contributed by atoms with E-state index in [2.05, 4.69) is 4.72 Å². The van der Waals surface area contributed by atoms with Crippen LogP contribution in [0.5, 0.6) is 0 Å². The quantitative estimate of drug-likeness (QED) is 0.520. The lowest BCUT2D eigenvalue weighted by molar-refractivity contribution is 0.582. The van der Waals surface area contributed by atoms with Crippen molar-refractivity contribution in [1.29, 1.82) is 5.41 Å². The topological polar surface area (TPSA) is 99.3 Å². The summed E-state index contributed by atoms with van der Waals surface area (Å²) in [5.41, 5.74) is 6.38. The summed E-state index contributed by atoms with van der Waals surface area (Å²) in [6, 6.07) is 6.42. The second kappa shape index (κ2) is 5.15. The molecule has 0 saturated heterocycles. The van der Waals surface area contributed by atoms with Gasteiger partial charge in [-0.1, -0.05) is 6.92 Å². The summed E-state index contributed by atoms with van der Waals surface area (Å²) in [4.78, 5) is 0. The molecule has 0 radical (unpaired) electrons. The van der Waals surface area contributed by atoms with Crippen LogP contribution in [-0.2, 0) is 10.2 Å². The SMILES string of the molecule is CCNS(=O)(=O)N(C)c1ccc(C(=N)N)cc1. The van der Waals surface area contributed by atoms with E-state index in [0.717, 1.165) is 4.31 Å². The molecule has 0 saturated carbocycles. The number of hydrogen-bond acceptors (Lipinski definition) is 3. The number of rotatable bonds is 5. The molecule has 0 spiro atoms. The van der Waals surface area contributed by atoms with Gasteiger partial charge in [0, 0.05) is 19.2 Å². The van der Waals surface area contributed by atoms with Gasteiger partial charge in [-0.25, -0.2) is 0 Å². The predicted octanol–water partition coefficient (Wildman–Crippen LogP) is 0.261. The zero-order chi connectivity index (χ0) is 13.1. The third-order valence-corrected chi connectivity index (χ3v) is 3.81. The maximum Gasteiger partial charge on any atom is 0.301 e. The lowest BCUT2D eigenvalue weighted by atomic mass is 10.2. The molecule has 1 rings (SSSR count). The van der Waals surface area contributed by atoms with Gasteiger partial charge in [-0.15, -0.1) is 0 Å². The average Bonchev–Trinajstić information content (AvgIpc) is 2.28. The minimum Gasteiger partial charge on any atom is -0.384 e. The van der Waals surface area contributed by atoms with Gasteiger partial charge in [-0.2, -0.15) is 13.1 Å². The number of nitrogens with two attached hydrogens (primary N) is 1. The Kier molecular flexibility index (Phi) is 4.08. The molecule has 0 unspecified atom stereocenters. The van der Waals surface area contributed by atoms with E-state index in [1.807, 2.05) is 0 Å². The molecule has 1 aromatic carbocycles. The van der Waals surface area contributed by atoms with Crippen LogP contribution >= 0.6 is 0 Å². The van der Waals surface area contributed by atoms with Crippen molar-refractivity contribution in [3.8, 4) is 0 Å². The van der Waals surface area contributed by atoms with Crippen LogP contribution in [0.2, 0.25) is 0 Å². The van der Waals surface area contributed by atoms with Crippen LogP contribution in [0.25, 0.3) is 0 Å². The predicted molar refractivity (Wildman–Crippen MR) is 68.5 cm³/mol. The van der Waals surface area contributed by atoms with E-state index in [4.69, 9.17) is 11.1 Å². The van der Waals surface area contributed by atoms with Crippen molar-refractivity contribution in [2.75, 3.05) is 17.9 Å². The maximum atomic E-state index is 11.7. The molecule has 6 nitrogen and oxygen atoms in total. The van der Waals surface area contributed by atoms with Gasteiger partial charge in [0.25, 0.3) is 0 Å². The van der Waals surface area contributed by atoms with Crippen LogP contribution in [0, 0.1) is 5.41 Å². The third-order valence-electron chi connectivity index (χ3n) is 2.23. The molecule has 0 atom stereocenters. The van der Waals surface area contributed by atoms with E-state index in [1.54, 1.807) is 31.2 Å². The number of amidine groups is 1. The van der Waals surface area contributed by atoms with Gasteiger partial charge in [-0.3, -0.25) is 9.71 Å². The Bertz CT molecular complexity index is 496. The Morgan fingerprint density at radius 2 is 1.94 bits per heavy atom. The van der Waals surface area contributed by atoms with Crippen molar-refractivity contribution in [1.82, 2.24) is 4.72 Å². The minimum atomic E-state index is -3.50. The minimum absolute atomic E-state index is 0.0475. The lowest BCUT2D eigenvalue weighted by Crippen LogP contribution is -2.38. The molecule has 94 valence electrons. The normalized spacial score (nSPS) is 11.2. The Balaban J connectivity index is 2.98. The van der Waals surface area contributed by atoms with Crippen molar-refractivity contribution in [3.63, 3.8) is 0 Å². The van der Waals surface area contributed by atoms with Crippen molar-refractivity contribution in [2.24, 2.45) is 5.73 Å². The summed E-state index contributed by atoms with van der Waals surface area (Å²) in [5.74, 6) is -0.0475. The van der Waals surface area contributed by atoms with Gasteiger partial charge in [0.15, 0.2) is 0 Å². The first-order valence-corrected chi connectivity index (χ1v) is 6.50. The van der Waals surface area contributed by atoms with E-state index in [0.29, 0.717) is 17.8 Å². The van der Waals surface area contributed by atoms with Crippen LogP contribution < -0.4 is 14.8 Å². The number of nitrogens with one attached hydrogen (secondary N) is 2. The third kappa shape index (κ3) is 3.18. The van der Waals surface area contributed by atoms with Crippen molar-refractivity contribution >= 4 is 21.7 Å². The molecule has 0 heterocycles. The number of nitrogen functional groups attached to an aromatic ring is 1. The Morgan fingerprint density at radius 1 is 1.41 bits per heavy atom. The zero-order valence-electron chi connectivity index (χ0n) is 9.77. The summed E-state index contributed by atoms with van der Waals surface area (Å²) < 4.78 is 26.9. The van der Waals surface area contributed by atoms with Gasteiger partial charge in [0.1, 0.15) is 5.84 Å². The van der Waals surface area contributed by atoms with E-state index >= 15 is 0 Å². The standard InChI is InChI=1S/C10H16N4O2S/c1-3-13-17(15,16)14(2)9-6-4-8(5-7-9)10(11)12/h4-7,13H,3H2,1-2H3,(H3,11,12). The van der Waals surface area contributed by atoms with E-state index in [-0.39, 0.29) is 5.84 Å². The van der Waals surface area contributed by atoms with Crippen molar-refractivity contribution in [2.45, 2.75) is 6.92 Å². The summed E-state index contributed by atoms with van der Waals surface area (Å²) in [6.45, 7) is 2.04. The van der Waals surface area contributed by atoms with Crippen LogP contribution in [0.15, 0.2) is 24.3 Å². The first-order chi connectivity index (χ1) is 7.88. The Hall–Kier alpha value is -1.60. The van der Waals surface area contributed by atoms with Crippen LogP contribution in [0.4, 0.5) is 5.69 Å². The summed E-state index contributed by atoms with van der Waals surface area (Å²) in [7, 11) is -2.04. The Morgan fingerprint density at radius 3 is 2.35 bits per heavy atom. The fourth-order valence-corrected chi connectivity index (χ4v) is 2.23. The molecule has 0 amide bonds. The van der Waals surface area contributed by atoms with Crippen molar-refractivity contribution < 1.29 is 8.42 Å². The highest BCUT2D eigenvalue weighted by Crippen LogP contribution is 2.15. The molecule has 0 aliphatic heterocycles. The highest BCUT2D eigenvalue weighted by atomic mass is 32.2. The molecule has 0 bridgehead atoms. The molecular formula is C10H16N4O2S. The molecule has 7 heteroatoms. The first-order valence-electron chi connectivity index (χ1n) is 5.06. The largest absolute Gasteiger partial charge is 0.384 e. The zero-order valence-corrected chi connectivity index (χ0v) is 10.6. The second-order valence-corrected chi connectivity index (χ2v) is 5.22. The molecule has 17 heavy (non-hydrogen) atoms. The molecule has 0 aromatic heterocycles. The van der Waals surface area contributed by atoms with Gasteiger partial charge in [-0.05, 0) is 24.3 Å². The van der Waals surface area contributed by atoms with Crippen LogP contribution in [0.1, 0.15) is 12.5 Å². The number of nitrogens with zero attached hydrogens (tertiary/aromatic N) is 1. The fraction of sp³-hybridized carbons (Fsp3) is 0.300. The fourth-order valence-electron chi connectivity index (χ4n) is 1.27. The van der Waals surface area contributed by atoms with Gasteiger partial charge < -0.3 is 5.73 Å². The summed E-state index contributed by atoms with van der Waals surface area (Å²) in [6.07, 6.45) is 0. The molecular weight excluding hydrogens is 240 g/mol. The highest BCUT2D eigenvalue weighted by Gasteiger charge is 2.16. The first kappa shape index (κ1) is 13.5. The van der Waals surface area contributed by atoms with Gasteiger partial charge in [0.2, 0.25) is 0 Å². The highest BCUT2D eigenvalue weighted by molar-refractivity contribution is 7.90. The molecule has 4 N–H and O–H groups in total. The molecule has 1 aromatic rings. The van der Waals surface area contributed by atoms with Gasteiger partial charge in [0.05, 0.1) is 5.69 Å². The lowest BCUT2D eigenvalue weighted by Gasteiger charge is -2.19. The molecule has 0 aliphatic carbocycles. The Labute approximate surface area is 101 Å². The van der Waals surface area contributed by atoms with Crippen LogP contribution in [-0.4, -0.2) is 27.8 Å². The van der Waals surface area contributed by atoms with E-state index in [9.17, 15) is 8.42 Å². The van der Waals surface area contributed by atoms with Crippen molar-refractivity contribution in [3.05, 3.63) is 29.8 Å². The smallest absolute Gasteiger partial charge is 0.301 e. The monoisotopic (exact) mass is 256 g/mol. The number of benzene rings is 1. The van der Waals surface area contributed by atoms with Gasteiger partial charge >= 0.3 is 10.2 Å². The van der Waals surface area contributed by atoms with E-state index < -0.39 is 10.2 Å². The van der Waals surface area contributed by atoms with E-state index in [1.165, 1.54) is 7.05 Å². The number of anilines is 1. The number of hydrogen-bond donors (Lipinski definition) is 3. The average molecular weight is 256 g/mol. The van der Waals surface area contributed by atoms with Crippen LogP contribution in [0.3, 0.4) is 0 Å². The molecule has 0 aliphatic rings.